The lowest BCUT2D eigenvalue weighted by molar-refractivity contribution is -0.297. The number of rotatable bonds is 4. The zero-order chi connectivity index (χ0) is 14.1. The van der Waals surface area contributed by atoms with Gasteiger partial charge >= 0.3 is 0 Å². The molecule has 0 saturated carbocycles. The minimum absolute atomic E-state index is 0.309. The van der Waals surface area contributed by atoms with E-state index in [0.717, 1.165) is 5.56 Å². The van der Waals surface area contributed by atoms with E-state index in [1.165, 1.54) is 0 Å². The Bertz CT molecular complexity index is 575. The number of para-hydroxylation sites is 1. The van der Waals surface area contributed by atoms with Crippen molar-refractivity contribution in [3.63, 3.8) is 0 Å². The molecule has 2 aliphatic rings. The van der Waals surface area contributed by atoms with Crippen molar-refractivity contribution in [2.45, 2.75) is 18.4 Å². The van der Waals surface area contributed by atoms with Gasteiger partial charge in [0.15, 0.2) is 0 Å². The minimum Gasteiger partial charge on any atom is -0.508 e. The first-order chi connectivity index (χ1) is 9.71. The topological polar surface area (TPSA) is 38.7 Å². The fraction of sp³-hybridized carbons (Fsp3) is 0.294. The molecule has 2 unspecified atom stereocenters. The first-order valence-electron chi connectivity index (χ1n) is 6.77. The smallest absolute Gasteiger partial charge is 0.137 e. The van der Waals surface area contributed by atoms with Gasteiger partial charge in [-0.25, -0.2) is 9.78 Å². The molecule has 1 aliphatic carbocycles. The van der Waals surface area contributed by atoms with E-state index >= 15 is 0 Å². The Morgan fingerprint density at radius 3 is 2.85 bits per heavy atom. The zero-order valence-electron chi connectivity index (χ0n) is 11.3. The molecule has 1 N–H and O–H groups in total. The molecule has 3 rings (SSSR count). The van der Waals surface area contributed by atoms with Gasteiger partial charge in [0.1, 0.15) is 11.4 Å². The summed E-state index contributed by atoms with van der Waals surface area (Å²) in [5.74, 6) is 0.309. The van der Waals surface area contributed by atoms with E-state index in [1.807, 2.05) is 42.5 Å². The van der Waals surface area contributed by atoms with Gasteiger partial charge in [0.2, 0.25) is 0 Å². The number of aromatic hydroxyl groups is 1. The van der Waals surface area contributed by atoms with Crippen LogP contribution in [-0.2, 0) is 16.2 Å². The molecule has 0 aromatic heterocycles. The maximum Gasteiger partial charge on any atom is 0.137 e. The highest BCUT2D eigenvalue weighted by atomic mass is 17.2. The van der Waals surface area contributed by atoms with Gasteiger partial charge in [0.05, 0.1) is 12.0 Å². The van der Waals surface area contributed by atoms with Gasteiger partial charge in [-0.05, 0) is 24.1 Å². The van der Waals surface area contributed by atoms with E-state index < -0.39 is 5.60 Å². The molecule has 0 amide bonds. The van der Waals surface area contributed by atoms with Crippen LogP contribution in [0.5, 0.6) is 5.75 Å². The van der Waals surface area contributed by atoms with E-state index in [2.05, 4.69) is 12.7 Å². The van der Waals surface area contributed by atoms with Gasteiger partial charge in [0, 0.05) is 6.42 Å². The molecule has 20 heavy (non-hydrogen) atoms. The number of phenols is 1. The second-order valence-electron chi connectivity index (χ2n) is 5.41. The van der Waals surface area contributed by atoms with Gasteiger partial charge in [0.25, 0.3) is 0 Å². The fourth-order valence-corrected chi connectivity index (χ4v) is 3.06. The third-order valence-electron chi connectivity index (χ3n) is 4.20. The van der Waals surface area contributed by atoms with Crippen LogP contribution in [0.4, 0.5) is 0 Å². The lowest BCUT2D eigenvalue weighted by Crippen LogP contribution is -2.46. The van der Waals surface area contributed by atoms with Gasteiger partial charge in [-0.15, -0.1) is 6.58 Å². The summed E-state index contributed by atoms with van der Waals surface area (Å²) in [5, 5.41) is 10.0. The highest BCUT2D eigenvalue weighted by Crippen LogP contribution is 2.50. The van der Waals surface area contributed by atoms with Crippen molar-refractivity contribution < 1.29 is 14.9 Å². The summed E-state index contributed by atoms with van der Waals surface area (Å²) >= 11 is 0. The molecule has 3 nitrogen and oxygen atoms in total. The number of hydrogen-bond donors (Lipinski definition) is 1. The summed E-state index contributed by atoms with van der Waals surface area (Å²) in [7, 11) is 0. The first-order valence-corrected chi connectivity index (χ1v) is 6.77. The van der Waals surface area contributed by atoms with E-state index in [1.54, 1.807) is 6.07 Å². The largest absolute Gasteiger partial charge is 0.508 e. The molecule has 104 valence electrons. The molecule has 0 spiro atoms. The van der Waals surface area contributed by atoms with Crippen LogP contribution in [0.1, 0.15) is 12.0 Å². The molecule has 1 fully saturated rings. The Balaban J connectivity index is 2.00. The predicted molar refractivity (Wildman–Crippen MR) is 77.1 cm³/mol. The van der Waals surface area contributed by atoms with Crippen LogP contribution in [0.25, 0.3) is 0 Å². The van der Waals surface area contributed by atoms with Crippen molar-refractivity contribution >= 4 is 0 Å². The third kappa shape index (κ3) is 1.90. The predicted octanol–water partition coefficient (Wildman–Crippen LogP) is 3.32. The van der Waals surface area contributed by atoms with Crippen molar-refractivity contribution in [3.05, 3.63) is 66.8 Å². The van der Waals surface area contributed by atoms with E-state index in [9.17, 15) is 5.11 Å². The average Bonchev–Trinajstić information content (AvgIpc) is 2.81. The molecule has 3 heteroatoms. The summed E-state index contributed by atoms with van der Waals surface area (Å²) in [6.07, 6.45) is 11.3. The maximum atomic E-state index is 10.0. The van der Waals surface area contributed by atoms with Gasteiger partial charge in [-0.2, -0.15) is 0 Å². The van der Waals surface area contributed by atoms with Crippen LogP contribution in [0, 0.1) is 5.41 Å². The number of hydrogen-bond acceptors (Lipinski definition) is 3. The van der Waals surface area contributed by atoms with Crippen LogP contribution < -0.4 is 0 Å². The number of phenolic OH excluding ortho intramolecular Hbond substituents is 1. The van der Waals surface area contributed by atoms with Gasteiger partial charge < -0.3 is 5.11 Å². The highest BCUT2D eigenvalue weighted by Gasteiger charge is 2.55. The van der Waals surface area contributed by atoms with Crippen LogP contribution in [0.2, 0.25) is 0 Å². The van der Waals surface area contributed by atoms with E-state index in [4.69, 9.17) is 9.78 Å². The minimum atomic E-state index is -0.536. The molecule has 0 bridgehead atoms. The first kappa shape index (κ1) is 13.2. The summed E-state index contributed by atoms with van der Waals surface area (Å²) in [5.41, 5.74) is 0.0515. The quantitative estimate of drug-likeness (QED) is 0.673. The Hall–Kier alpha value is -1.84. The molecule has 2 atom stereocenters. The molecule has 1 heterocycles. The summed E-state index contributed by atoms with van der Waals surface area (Å²) in [6, 6.07) is 7.40. The van der Waals surface area contributed by atoms with E-state index in [0.29, 0.717) is 25.2 Å². The highest BCUT2D eigenvalue weighted by molar-refractivity contribution is 5.38. The number of benzene rings is 1. The van der Waals surface area contributed by atoms with Gasteiger partial charge in [-0.3, -0.25) is 0 Å². The van der Waals surface area contributed by atoms with Crippen molar-refractivity contribution in [2.75, 3.05) is 6.61 Å². The monoisotopic (exact) mass is 270 g/mol. The molecular formula is C17H18O3. The van der Waals surface area contributed by atoms with Crippen LogP contribution >= 0.6 is 0 Å². The molecule has 0 radical (unpaired) electrons. The Morgan fingerprint density at radius 1 is 1.25 bits per heavy atom. The zero-order valence-corrected chi connectivity index (χ0v) is 11.3. The summed E-state index contributed by atoms with van der Waals surface area (Å²) in [4.78, 5) is 10.9. The second kappa shape index (κ2) is 4.93. The van der Waals surface area contributed by atoms with Crippen molar-refractivity contribution in [2.24, 2.45) is 5.41 Å². The van der Waals surface area contributed by atoms with Gasteiger partial charge in [-0.1, -0.05) is 42.5 Å². The lowest BCUT2D eigenvalue weighted by atomic mass is 9.65. The van der Waals surface area contributed by atoms with Crippen molar-refractivity contribution in [1.29, 1.82) is 0 Å². The Kier molecular flexibility index (Phi) is 3.24. The van der Waals surface area contributed by atoms with Crippen molar-refractivity contribution in [1.82, 2.24) is 0 Å². The summed E-state index contributed by atoms with van der Waals surface area (Å²) < 4.78 is 0. The number of fused-ring (bicyclic) bond motifs is 1. The Morgan fingerprint density at radius 2 is 2.05 bits per heavy atom. The second-order valence-corrected chi connectivity index (χ2v) is 5.41. The lowest BCUT2D eigenvalue weighted by Gasteiger charge is -2.39. The average molecular weight is 270 g/mol. The summed E-state index contributed by atoms with van der Waals surface area (Å²) in [6.45, 7) is 4.29. The van der Waals surface area contributed by atoms with Crippen molar-refractivity contribution in [3.8, 4) is 5.75 Å². The van der Waals surface area contributed by atoms with E-state index in [-0.39, 0.29) is 5.41 Å². The maximum absolute atomic E-state index is 10.0. The molecule has 1 aromatic carbocycles. The molecule has 1 saturated heterocycles. The molecule has 1 aliphatic heterocycles. The standard InChI is InChI=1S/C17H18O3/c1-2-9-17-11-6-5-10-16(17,13-19-20-17)12-14-7-3-4-8-15(14)18/h2-8,10-11,18H,1,9,12-13H2. The Labute approximate surface area is 118 Å². The fourth-order valence-electron chi connectivity index (χ4n) is 3.06. The van der Waals surface area contributed by atoms with Crippen LogP contribution in [0.3, 0.4) is 0 Å². The normalized spacial score (nSPS) is 31.2. The third-order valence-corrected chi connectivity index (χ3v) is 4.20. The molecular weight excluding hydrogens is 252 g/mol. The van der Waals surface area contributed by atoms with Crippen LogP contribution in [-0.4, -0.2) is 17.3 Å². The SMILES string of the molecule is C=CCC12C=CC=CC1(Cc1ccccc1O)COO2. The number of allylic oxidation sites excluding steroid dienone is 2. The molecule has 1 aromatic rings. The van der Waals surface area contributed by atoms with Crippen LogP contribution in [0.15, 0.2) is 61.2 Å².